The van der Waals surface area contributed by atoms with E-state index in [0.717, 1.165) is 11.4 Å². The molecular formula is C22H24N4O. The van der Waals surface area contributed by atoms with Crippen molar-refractivity contribution in [2.24, 2.45) is 0 Å². The van der Waals surface area contributed by atoms with Crippen LogP contribution in [-0.4, -0.2) is 20.4 Å². The molecule has 5 nitrogen and oxygen atoms in total. The summed E-state index contributed by atoms with van der Waals surface area (Å²) in [6, 6.07) is 12.0. The minimum absolute atomic E-state index is 0.0498. The number of carbonyl (C=O) groups excluding carboxylic acids is 1. The third kappa shape index (κ3) is 4.25. The van der Waals surface area contributed by atoms with E-state index in [1.807, 2.05) is 35.0 Å². The lowest BCUT2D eigenvalue weighted by Crippen LogP contribution is -2.23. The second-order valence-electron chi connectivity index (χ2n) is 7.13. The van der Waals surface area contributed by atoms with Crippen LogP contribution < -0.4 is 5.32 Å². The van der Waals surface area contributed by atoms with Gasteiger partial charge in [0.15, 0.2) is 0 Å². The first-order chi connectivity index (χ1) is 13.3. The van der Waals surface area contributed by atoms with Gasteiger partial charge in [0.25, 0.3) is 5.91 Å². The van der Waals surface area contributed by atoms with E-state index in [9.17, 15) is 4.79 Å². The van der Waals surface area contributed by atoms with Gasteiger partial charge in [0, 0.05) is 30.7 Å². The molecule has 0 spiro atoms. The van der Waals surface area contributed by atoms with E-state index in [0.29, 0.717) is 18.0 Å². The average molecular weight is 360 g/mol. The van der Waals surface area contributed by atoms with E-state index in [1.165, 1.54) is 37.7 Å². The van der Waals surface area contributed by atoms with E-state index in [-0.39, 0.29) is 5.91 Å². The number of carbonyl (C=O) groups is 1. The molecule has 1 aromatic carbocycles. The zero-order chi connectivity index (χ0) is 18.5. The van der Waals surface area contributed by atoms with Crippen LogP contribution in [0.1, 0.15) is 59.5 Å². The predicted molar refractivity (Wildman–Crippen MR) is 105 cm³/mol. The van der Waals surface area contributed by atoms with E-state index < -0.39 is 0 Å². The number of hydrogen-bond acceptors (Lipinski definition) is 3. The van der Waals surface area contributed by atoms with Crippen molar-refractivity contribution >= 4 is 5.91 Å². The van der Waals surface area contributed by atoms with Gasteiger partial charge in [0.05, 0.1) is 0 Å². The Labute approximate surface area is 159 Å². The average Bonchev–Trinajstić information content (AvgIpc) is 3.28. The van der Waals surface area contributed by atoms with E-state index in [1.54, 1.807) is 18.7 Å². The van der Waals surface area contributed by atoms with Crippen LogP contribution in [0.5, 0.6) is 0 Å². The molecule has 2 heterocycles. The summed E-state index contributed by atoms with van der Waals surface area (Å²) < 4.78 is 1.84. The van der Waals surface area contributed by atoms with Gasteiger partial charge in [-0.15, -0.1) is 0 Å². The Bertz CT molecular complexity index is 881. The van der Waals surface area contributed by atoms with E-state index in [2.05, 4.69) is 27.4 Å². The smallest absolute Gasteiger partial charge is 0.251 e. The molecule has 1 fully saturated rings. The van der Waals surface area contributed by atoms with Crippen molar-refractivity contribution in [2.75, 3.05) is 0 Å². The van der Waals surface area contributed by atoms with Crippen molar-refractivity contribution in [3.8, 4) is 5.82 Å². The molecule has 1 aliphatic rings. The lowest BCUT2D eigenvalue weighted by molar-refractivity contribution is 0.0951. The fourth-order valence-electron chi connectivity index (χ4n) is 3.73. The highest BCUT2D eigenvalue weighted by Crippen LogP contribution is 2.32. The van der Waals surface area contributed by atoms with Crippen molar-refractivity contribution in [2.45, 2.75) is 44.6 Å². The molecule has 0 aliphatic heterocycles. The summed E-state index contributed by atoms with van der Waals surface area (Å²) >= 11 is 0. The number of nitrogens with zero attached hydrogens (tertiary/aromatic N) is 3. The van der Waals surface area contributed by atoms with Gasteiger partial charge < -0.3 is 5.32 Å². The second kappa shape index (κ2) is 8.16. The third-order valence-electron chi connectivity index (χ3n) is 5.28. The quantitative estimate of drug-likeness (QED) is 0.740. The molecule has 0 saturated heterocycles. The fraction of sp³-hybridized carbons (Fsp3) is 0.318. The molecule has 3 aromatic rings. The van der Waals surface area contributed by atoms with Crippen molar-refractivity contribution in [3.63, 3.8) is 0 Å². The van der Waals surface area contributed by atoms with Crippen LogP contribution in [0.4, 0.5) is 0 Å². The summed E-state index contributed by atoms with van der Waals surface area (Å²) in [6.45, 7) is 0.466. The maximum absolute atomic E-state index is 12.5. The van der Waals surface area contributed by atoms with Gasteiger partial charge in [-0.2, -0.15) is 0 Å². The highest BCUT2D eigenvalue weighted by Gasteiger charge is 2.15. The van der Waals surface area contributed by atoms with Crippen LogP contribution in [0.25, 0.3) is 5.82 Å². The zero-order valence-electron chi connectivity index (χ0n) is 15.3. The van der Waals surface area contributed by atoms with Gasteiger partial charge in [-0.1, -0.05) is 31.4 Å². The Hall–Kier alpha value is -2.95. The summed E-state index contributed by atoms with van der Waals surface area (Å²) in [5.41, 5.74) is 3.07. The number of imidazole rings is 1. The monoisotopic (exact) mass is 360 g/mol. The normalized spacial score (nSPS) is 14.8. The lowest BCUT2D eigenvalue weighted by atomic mass is 9.84. The molecule has 1 aliphatic carbocycles. The number of hydrogen-bond donors (Lipinski definition) is 1. The van der Waals surface area contributed by atoms with Crippen molar-refractivity contribution in [1.29, 1.82) is 0 Å². The van der Waals surface area contributed by atoms with Crippen LogP contribution in [0.15, 0.2) is 61.3 Å². The van der Waals surface area contributed by atoms with Gasteiger partial charge in [0.1, 0.15) is 12.1 Å². The minimum atomic E-state index is -0.0498. The summed E-state index contributed by atoms with van der Waals surface area (Å²) in [4.78, 5) is 20.8. The molecule has 0 atom stereocenters. The number of benzene rings is 1. The van der Waals surface area contributed by atoms with Gasteiger partial charge in [-0.3, -0.25) is 9.36 Å². The minimum Gasteiger partial charge on any atom is -0.348 e. The highest BCUT2D eigenvalue weighted by molar-refractivity contribution is 5.94. The first-order valence-corrected chi connectivity index (χ1v) is 9.61. The largest absolute Gasteiger partial charge is 0.348 e. The molecule has 4 rings (SSSR count). The van der Waals surface area contributed by atoms with Crippen molar-refractivity contribution in [1.82, 2.24) is 19.9 Å². The molecule has 1 amide bonds. The molecule has 1 saturated carbocycles. The van der Waals surface area contributed by atoms with Crippen molar-refractivity contribution < 1.29 is 4.79 Å². The van der Waals surface area contributed by atoms with Crippen LogP contribution in [0, 0.1) is 0 Å². The summed E-state index contributed by atoms with van der Waals surface area (Å²) in [5, 5.41) is 3.00. The molecule has 0 unspecified atom stereocenters. The number of nitrogens with one attached hydrogen (secondary N) is 1. The molecule has 27 heavy (non-hydrogen) atoms. The summed E-state index contributed by atoms with van der Waals surface area (Å²) in [7, 11) is 0. The van der Waals surface area contributed by atoms with E-state index in [4.69, 9.17) is 0 Å². The Balaban J connectivity index is 1.37. The molecular weight excluding hydrogens is 336 g/mol. The lowest BCUT2D eigenvalue weighted by Gasteiger charge is -2.22. The number of rotatable bonds is 5. The Morgan fingerprint density at radius 2 is 1.89 bits per heavy atom. The van der Waals surface area contributed by atoms with Gasteiger partial charge in [-0.05, 0) is 54.2 Å². The van der Waals surface area contributed by atoms with Gasteiger partial charge in [-0.25, -0.2) is 9.97 Å². The second-order valence-corrected chi connectivity index (χ2v) is 7.13. The first kappa shape index (κ1) is 17.5. The standard InChI is InChI=1S/C22H24N4O/c27-22(20-8-6-19(7-9-20)18-4-2-1-3-5-18)25-15-17-10-11-24-21(14-17)26-13-12-23-16-26/h6-14,16,18H,1-5,15H2,(H,25,27). The van der Waals surface area contributed by atoms with E-state index >= 15 is 0 Å². The maximum atomic E-state index is 12.5. The Kier molecular flexibility index (Phi) is 5.28. The third-order valence-corrected chi connectivity index (χ3v) is 5.28. The van der Waals surface area contributed by atoms with Crippen molar-refractivity contribution in [3.05, 3.63) is 78.0 Å². The SMILES string of the molecule is O=C(NCc1ccnc(-n2ccnc2)c1)c1ccc(C2CCCCC2)cc1. The molecule has 2 aromatic heterocycles. The van der Waals surface area contributed by atoms with Crippen LogP contribution in [-0.2, 0) is 6.54 Å². The Morgan fingerprint density at radius 3 is 2.63 bits per heavy atom. The number of aromatic nitrogens is 3. The zero-order valence-corrected chi connectivity index (χ0v) is 15.3. The molecule has 5 heteroatoms. The van der Waals surface area contributed by atoms with Gasteiger partial charge in [0.2, 0.25) is 0 Å². The predicted octanol–water partition coefficient (Wildman–Crippen LogP) is 4.25. The molecule has 1 N–H and O–H groups in total. The molecule has 138 valence electrons. The maximum Gasteiger partial charge on any atom is 0.251 e. The Morgan fingerprint density at radius 1 is 1.07 bits per heavy atom. The fourth-order valence-corrected chi connectivity index (χ4v) is 3.73. The first-order valence-electron chi connectivity index (χ1n) is 9.61. The van der Waals surface area contributed by atoms with Gasteiger partial charge >= 0.3 is 0 Å². The van der Waals surface area contributed by atoms with Crippen LogP contribution in [0.2, 0.25) is 0 Å². The highest BCUT2D eigenvalue weighted by atomic mass is 16.1. The number of amides is 1. The van der Waals surface area contributed by atoms with Crippen LogP contribution in [0.3, 0.4) is 0 Å². The molecule has 0 radical (unpaired) electrons. The number of pyridine rings is 1. The summed E-state index contributed by atoms with van der Waals surface area (Å²) in [5.74, 6) is 1.40. The summed E-state index contributed by atoms with van der Waals surface area (Å²) in [6.07, 6.45) is 13.5. The van der Waals surface area contributed by atoms with Crippen LogP contribution >= 0.6 is 0 Å². The topological polar surface area (TPSA) is 59.8 Å². The molecule has 0 bridgehead atoms.